The van der Waals surface area contributed by atoms with E-state index in [1.54, 1.807) is 0 Å². The highest BCUT2D eigenvalue weighted by molar-refractivity contribution is 6.71. The summed E-state index contributed by atoms with van der Waals surface area (Å²) >= 11 is 0. The first kappa shape index (κ1) is 14.9. The molecule has 2 heterocycles. The molecule has 0 saturated carbocycles. The predicted octanol–water partition coefficient (Wildman–Crippen LogP) is 5.71. The average molecular weight is 258 g/mol. The molecule has 0 bridgehead atoms. The fourth-order valence-electron chi connectivity index (χ4n) is 3.95. The molecule has 0 N–H and O–H groups in total. The Kier molecular flexibility index (Phi) is 5.36. The molecule has 2 aliphatic rings. The molecule has 19 heavy (non-hydrogen) atoms. The van der Waals surface area contributed by atoms with Crippen LogP contribution in [0.1, 0.15) is 47.0 Å². The van der Waals surface area contributed by atoms with Gasteiger partial charge in [-0.15, -0.1) is 0 Å². The first-order chi connectivity index (χ1) is 9.13. The van der Waals surface area contributed by atoms with Crippen molar-refractivity contribution in [3.05, 3.63) is 24.3 Å². The third kappa shape index (κ3) is 4.00. The van der Waals surface area contributed by atoms with Gasteiger partial charge in [-0.05, 0) is 36.5 Å². The summed E-state index contributed by atoms with van der Waals surface area (Å²) in [6.45, 7) is 10.8. The molecule has 1 heteroatoms. The summed E-state index contributed by atoms with van der Waals surface area (Å²) in [6.07, 6.45) is 16.2. The van der Waals surface area contributed by atoms with Gasteiger partial charge in [-0.25, -0.2) is 0 Å². The van der Waals surface area contributed by atoms with Gasteiger partial charge in [-0.2, -0.15) is 0 Å². The van der Waals surface area contributed by atoms with Crippen LogP contribution in [0.3, 0.4) is 0 Å². The van der Waals surface area contributed by atoms with Crippen molar-refractivity contribution in [2.45, 2.75) is 65.4 Å². The van der Waals surface area contributed by atoms with Gasteiger partial charge >= 0.3 is 0 Å². The topological polar surface area (TPSA) is 0 Å². The highest BCUT2D eigenvalue weighted by Crippen LogP contribution is 2.53. The predicted molar refractivity (Wildman–Crippen MR) is 87.9 cm³/mol. The molecular formula is C18H31B. The van der Waals surface area contributed by atoms with Crippen molar-refractivity contribution in [1.82, 2.24) is 0 Å². The Morgan fingerprint density at radius 1 is 1.26 bits per heavy atom. The molecule has 5 atom stereocenters. The Morgan fingerprint density at radius 3 is 2.79 bits per heavy atom. The van der Waals surface area contributed by atoms with E-state index in [9.17, 15) is 0 Å². The molecule has 106 valence electrons. The average Bonchev–Trinajstić information content (AvgIpc) is 3.16. The molecule has 0 spiro atoms. The third-order valence-corrected chi connectivity index (χ3v) is 5.78. The molecule has 0 amide bonds. The molecule has 0 nitrogen and oxygen atoms in total. The van der Waals surface area contributed by atoms with Crippen LogP contribution < -0.4 is 0 Å². The first-order valence-corrected chi connectivity index (χ1v) is 8.46. The lowest BCUT2D eigenvalue weighted by molar-refractivity contribution is 0.232. The van der Waals surface area contributed by atoms with Crippen molar-refractivity contribution >= 4 is 6.71 Å². The summed E-state index contributed by atoms with van der Waals surface area (Å²) in [6, 6.07) is 0. The summed E-state index contributed by atoms with van der Waals surface area (Å²) in [5.74, 6) is 4.50. The number of allylic oxidation sites excluding steroid dienone is 4. The molecule has 1 fully saturated rings. The molecule has 0 aliphatic carbocycles. The summed E-state index contributed by atoms with van der Waals surface area (Å²) in [5, 5.41) is 0. The highest BCUT2D eigenvalue weighted by Gasteiger charge is 2.47. The lowest BCUT2D eigenvalue weighted by atomic mass is 9.58. The monoisotopic (exact) mass is 258 g/mol. The second kappa shape index (κ2) is 6.82. The van der Waals surface area contributed by atoms with E-state index in [-0.39, 0.29) is 0 Å². The van der Waals surface area contributed by atoms with Gasteiger partial charge in [0.15, 0.2) is 0 Å². The molecular weight excluding hydrogens is 227 g/mol. The maximum Gasteiger partial charge on any atom is 0.142 e. The number of hydrogen-bond acceptors (Lipinski definition) is 0. The smallest absolute Gasteiger partial charge is 0.0852 e. The number of rotatable bonds is 3. The van der Waals surface area contributed by atoms with Gasteiger partial charge in [0.05, 0.1) is 0 Å². The molecule has 2 rings (SSSR count). The lowest BCUT2D eigenvalue weighted by Gasteiger charge is -2.31. The summed E-state index contributed by atoms with van der Waals surface area (Å²) in [7, 11) is 0. The number of hydrogen-bond donors (Lipinski definition) is 0. The van der Waals surface area contributed by atoms with E-state index in [0.29, 0.717) is 0 Å². The Bertz CT molecular complexity index is 331. The van der Waals surface area contributed by atoms with Crippen molar-refractivity contribution < 1.29 is 0 Å². The minimum Gasteiger partial charge on any atom is -0.0852 e. The zero-order chi connectivity index (χ0) is 13.8. The molecule has 2 aliphatic heterocycles. The summed E-state index contributed by atoms with van der Waals surface area (Å²) in [5.41, 5.74) is 0. The van der Waals surface area contributed by atoms with Crippen molar-refractivity contribution in [1.29, 1.82) is 0 Å². The van der Waals surface area contributed by atoms with Crippen LogP contribution >= 0.6 is 0 Å². The molecule has 0 aromatic rings. The van der Waals surface area contributed by atoms with E-state index in [1.807, 2.05) is 0 Å². The lowest BCUT2D eigenvalue weighted by Crippen LogP contribution is -2.22. The second-order valence-electron chi connectivity index (χ2n) is 7.17. The maximum absolute atomic E-state index is 2.52. The fraction of sp³-hybridized carbons (Fsp3) is 0.778. The largest absolute Gasteiger partial charge is 0.142 e. The van der Waals surface area contributed by atoms with Gasteiger partial charge < -0.3 is 0 Å². The van der Waals surface area contributed by atoms with Gasteiger partial charge in [-0.1, -0.05) is 76.9 Å². The number of fused-ring (bicyclic) bond motifs is 1. The quantitative estimate of drug-likeness (QED) is 0.569. The van der Waals surface area contributed by atoms with Gasteiger partial charge in [-0.3, -0.25) is 0 Å². The van der Waals surface area contributed by atoms with Crippen molar-refractivity contribution in [2.24, 2.45) is 23.7 Å². The Morgan fingerprint density at radius 2 is 2.05 bits per heavy atom. The van der Waals surface area contributed by atoms with E-state index in [0.717, 1.165) is 36.2 Å². The Labute approximate surface area is 120 Å². The fourth-order valence-corrected chi connectivity index (χ4v) is 3.95. The van der Waals surface area contributed by atoms with Crippen LogP contribution in [0.5, 0.6) is 0 Å². The zero-order valence-corrected chi connectivity index (χ0v) is 13.3. The van der Waals surface area contributed by atoms with Crippen LogP contribution in [0, 0.1) is 23.7 Å². The van der Waals surface area contributed by atoms with E-state index >= 15 is 0 Å². The zero-order valence-electron chi connectivity index (χ0n) is 13.3. The Balaban J connectivity index is 2.06. The second-order valence-corrected chi connectivity index (χ2v) is 7.17. The van der Waals surface area contributed by atoms with E-state index in [2.05, 4.69) is 52.0 Å². The van der Waals surface area contributed by atoms with E-state index in [4.69, 9.17) is 0 Å². The summed E-state index contributed by atoms with van der Waals surface area (Å²) < 4.78 is 0. The van der Waals surface area contributed by atoms with Gasteiger partial charge in [0.2, 0.25) is 0 Å². The normalized spacial score (nSPS) is 34.3. The van der Waals surface area contributed by atoms with Crippen LogP contribution in [-0.2, 0) is 0 Å². The minimum atomic E-state index is 0.737. The van der Waals surface area contributed by atoms with Crippen LogP contribution in [0.4, 0.5) is 0 Å². The standard InChI is InChI=1S/C18H31B/c1-5-15(3)16(4)17-12-14(2)10-8-6-7-9-11-19-13-18(17)19/h6-8,10,14-18H,5,9,11-13H2,1-4H3. The van der Waals surface area contributed by atoms with E-state index in [1.165, 1.54) is 31.9 Å². The Hall–Kier alpha value is -0.455. The van der Waals surface area contributed by atoms with Crippen LogP contribution in [0.2, 0.25) is 18.5 Å². The van der Waals surface area contributed by atoms with Gasteiger partial charge in [0.1, 0.15) is 6.71 Å². The minimum absolute atomic E-state index is 0.737. The van der Waals surface area contributed by atoms with Crippen molar-refractivity contribution in [3.8, 4) is 0 Å². The van der Waals surface area contributed by atoms with Crippen molar-refractivity contribution in [3.63, 3.8) is 0 Å². The molecule has 1 saturated heterocycles. The summed E-state index contributed by atoms with van der Waals surface area (Å²) in [4.78, 5) is 0. The SMILES string of the molecule is CCC(C)C(C)C1CC(C)C=CC=CCCB2CC21. The molecule has 5 unspecified atom stereocenters. The van der Waals surface area contributed by atoms with Crippen LogP contribution in [-0.4, -0.2) is 6.71 Å². The molecule has 0 aromatic heterocycles. The van der Waals surface area contributed by atoms with Crippen molar-refractivity contribution in [2.75, 3.05) is 0 Å². The molecule has 0 radical (unpaired) electrons. The van der Waals surface area contributed by atoms with E-state index < -0.39 is 0 Å². The molecule has 0 aromatic carbocycles. The van der Waals surface area contributed by atoms with Crippen LogP contribution in [0.15, 0.2) is 24.3 Å². The van der Waals surface area contributed by atoms with Crippen LogP contribution in [0.25, 0.3) is 0 Å². The van der Waals surface area contributed by atoms with Gasteiger partial charge in [0.25, 0.3) is 0 Å². The highest BCUT2D eigenvalue weighted by atomic mass is 14.4. The first-order valence-electron chi connectivity index (χ1n) is 8.46. The maximum atomic E-state index is 2.52. The van der Waals surface area contributed by atoms with Gasteiger partial charge in [0, 0.05) is 0 Å². The third-order valence-electron chi connectivity index (χ3n) is 5.78.